The molecule has 0 aliphatic carbocycles. The average molecular weight is 405 g/mol. The van der Waals surface area contributed by atoms with E-state index in [9.17, 15) is 9.59 Å². The summed E-state index contributed by atoms with van der Waals surface area (Å²) in [5.41, 5.74) is 2.62. The highest BCUT2D eigenvalue weighted by Crippen LogP contribution is 2.15. The van der Waals surface area contributed by atoms with Crippen molar-refractivity contribution in [1.29, 1.82) is 0 Å². The summed E-state index contributed by atoms with van der Waals surface area (Å²) in [6.45, 7) is 3.45. The fourth-order valence-electron chi connectivity index (χ4n) is 3.37. The Hall–Kier alpha value is -3.45. The van der Waals surface area contributed by atoms with Gasteiger partial charge in [-0.15, -0.1) is 0 Å². The summed E-state index contributed by atoms with van der Waals surface area (Å²) in [5.74, 6) is -0.472. The van der Waals surface area contributed by atoms with Crippen LogP contribution in [0, 0.1) is 0 Å². The molecule has 30 heavy (non-hydrogen) atoms. The quantitative estimate of drug-likeness (QED) is 0.464. The van der Waals surface area contributed by atoms with E-state index in [-0.39, 0.29) is 12.5 Å². The van der Waals surface area contributed by atoms with Gasteiger partial charge in [-0.1, -0.05) is 42.5 Å². The van der Waals surface area contributed by atoms with E-state index < -0.39 is 5.97 Å². The third kappa shape index (κ3) is 5.12. The van der Waals surface area contributed by atoms with Crippen molar-refractivity contribution >= 4 is 29.1 Å². The van der Waals surface area contributed by atoms with Crippen LogP contribution in [0.2, 0.25) is 0 Å². The van der Waals surface area contributed by atoms with Gasteiger partial charge in [0.05, 0.1) is 0 Å². The van der Waals surface area contributed by atoms with E-state index in [1.54, 1.807) is 11.0 Å². The summed E-state index contributed by atoms with van der Waals surface area (Å²) in [4.78, 5) is 32.5. The van der Waals surface area contributed by atoms with Crippen LogP contribution < -0.4 is 0 Å². The topological polar surface area (TPSA) is 75.9 Å². The summed E-state index contributed by atoms with van der Waals surface area (Å²) in [7, 11) is 0. The van der Waals surface area contributed by atoms with Crippen molar-refractivity contribution < 1.29 is 18.7 Å². The summed E-state index contributed by atoms with van der Waals surface area (Å²) in [6.07, 6.45) is 2.66. The normalized spacial score (nSPS) is 15.0. The van der Waals surface area contributed by atoms with Crippen molar-refractivity contribution in [3.8, 4) is 0 Å². The molecule has 2 aromatic carbocycles. The molecule has 1 aliphatic rings. The fourth-order valence-corrected chi connectivity index (χ4v) is 3.37. The second-order valence-electron chi connectivity index (χ2n) is 7.10. The molecule has 1 aromatic heterocycles. The van der Waals surface area contributed by atoms with Gasteiger partial charge < -0.3 is 14.1 Å². The van der Waals surface area contributed by atoms with Gasteiger partial charge in [0, 0.05) is 44.9 Å². The zero-order valence-corrected chi connectivity index (χ0v) is 16.6. The number of piperazine rings is 1. The predicted molar refractivity (Wildman–Crippen MR) is 112 cm³/mol. The number of esters is 1. The van der Waals surface area contributed by atoms with E-state index in [1.165, 1.54) is 17.7 Å². The number of nitrogens with zero attached hydrogens (tertiary/aromatic N) is 3. The Morgan fingerprint density at radius 3 is 2.50 bits per heavy atom. The lowest BCUT2D eigenvalue weighted by molar-refractivity contribution is -0.149. The van der Waals surface area contributed by atoms with Crippen LogP contribution in [0.25, 0.3) is 17.2 Å². The maximum Gasteiger partial charge on any atom is 0.331 e. The summed E-state index contributed by atoms with van der Waals surface area (Å²) < 4.78 is 10.6. The Balaban J connectivity index is 1.20. The lowest BCUT2D eigenvalue weighted by Gasteiger charge is -2.34. The molecule has 0 saturated carbocycles. The standard InChI is InChI=1S/C23H23N3O4/c27-22(26-14-12-25(13-15-26)16-18-6-2-1-3-7-18)17-29-23(28)11-10-21-24-19-8-4-5-9-20(19)30-21/h1-11H,12-17H2/b11-10+. The second-order valence-corrected chi connectivity index (χ2v) is 7.10. The molecule has 7 heteroatoms. The van der Waals surface area contributed by atoms with Crippen LogP contribution in [0.4, 0.5) is 0 Å². The van der Waals surface area contributed by atoms with E-state index in [4.69, 9.17) is 9.15 Å². The number of benzene rings is 2. The molecule has 3 aromatic rings. The number of hydrogen-bond acceptors (Lipinski definition) is 6. The van der Waals surface area contributed by atoms with Gasteiger partial charge in [-0.3, -0.25) is 9.69 Å². The van der Waals surface area contributed by atoms with Crippen LogP contribution in [0.5, 0.6) is 0 Å². The lowest BCUT2D eigenvalue weighted by atomic mass is 10.2. The molecule has 0 N–H and O–H groups in total. The molecule has 1 aliphatic heterocycles. The number of fused-ring (bicyclic) bond motifs is 1. The minimum atomic E-state index is -0.603. The third-order valence-corrected chi connectivity index (χ3v) is 4.98. The van der Waals surface area contributed by atoms with Crippen LogP contribution in [0.1, 0.15) is 11.5 Å². The maximum absolute atomic E-state index is 12.3. The highest BCUT2D eigenvalue weighted by atomic mass is 16.5. The van der Waals surface area contributed by atoms with Crippen LogP contribution in [0.15, 0.2) is 65.1 Å². The first-order valence-corrected chi connectivity index (χ1v) is 9.92. The monoisotopic (exact) mass is 405 g/mol. The highest BCUT2D eigenvalue weighted by Gasteiger charge is 2.21. The number of hydrogen-bond donors (Lipinski definition) is 0. The van der Waals surface area contributed by atoms with E-state index in [2.05, 4.69) is 22.0 Å². The number of ether oxygens (including phenoxy) is 1. The highest BCUT2D eigenvalue weighted by molar-refractivity contribution is 5.89. The van der Waals surface area contributed by atoms with Crippen molar-refractivity contribution in [3.05, 3.63) is 72.1 Å². The molecule has 4 rings (SSSR count). The average Bonchev–Trinajstić information content (AvgIpc) is 3.20. The van der Waals surface area contributed by atoms with Crippen molar-refractivity contribution in [1.82, 2.24) is 14.8 Å². The van der Waals surface area contributed by atoms with Crippen LogP contribution in [0.3, 0.4) is 0 Å². The van der Waals surface area contributed by atoms with E-state index in [1.807, 2.05) is 36.4 Å². The minimum Gasteiger partial charge on any atom is -0.452 e. The smallest absolute Gasteiger partial charge is 0.331 e. The van der Waals surface area contributed by atoms with Crippen LogP contribution in [-0.4, -0.2) is 59.4 Å². The Kier molecular flexibility index (Phi) is 6.20. The van der Waals surface area contributed by atoms with Crippen LogP contribution in [-0.2, 0) is 20.9 Å². The maximum atomic E-state index is 12.3. The predicted octanol–water partition coefficient (Wildman–Crippen LogP) is 2.73. The molecule has 0 atom stereocenters. The van der Waals surface area contributed by atoms with Gasteiger partial charge in [0.15, 0.2) is 12.2 Å². The van der Waals surface area contributed by atoms with Gasteiger partial charge >= 0.3 is 5.97 Å². The first-order valence-electron chi connectivity index (χ1n) is 9.92. The Morgan fingerprint density at radius 1 is 1.00 bits per heavy atom. The molecular formula is C23H23N3O4. The van der Waals surface area contributed by atoms with Gasteiger partial charge in [0.25, 0.3) is 5.91 Å². The number of carbonyl (C=O) groups excluding carboxylic acids is 2. The second kappa shape index (κ2) is 9.37. The fraction of sp³-hybridized carbons (Fsp3) is 0.261. The van der Waals surface area contributed by atoms with E-state index in [0.717, 1.165) is 19.6 Å². The first kappa shape index (κ1) is 19.8. The van der Waals surface area contributed by atoms with Crippen molar-refractivity contribution in [2.45, 2.75) is 6.54 Å². The van der Waals surface area contributed by atoms with Crippen molar-refractivity contribution in [2.75, 3.05) is 32.8 Å². The van der Waals surface area contributed by atoms with Gasteiger partial charge in [-0.2, -0.15) is 0 Å². The van der Waals surface area contributed by atoms with Gasteiger partial charge in [0.1, 0.15) is 5.52 Å². The van der Waals surface area contributed by atoms with Gasteiger partial charge in [-0.25, -0.2) is 9.78 Å². The number of amides is 1. The molecule has 154 valence electrons. The Morgan fingerprint density at radius 2 is 1.73 bits per heavy atom. The van der Waals surface area contributed by atoms with Crippen molar-refractivity contribution in [3.63, 3.8) is 0 Å². The minimum absolute atomic E-state index is 0.182. The Bertz CT molecular complexity index is 1000. The number of carbonyl (C=O) groups is 2. The summed E-state index contributed by atoms with van der Waals surface area (Å²) in [6, 6.07) is 17.6. The van der Waals surface area contributed by atoms with Gasteiger partial charge in [0.2, 0.25) is 5.89 Å². The first-order chi connectivity index (χ1) is 14.7. The molecule has 0 spiro atoms. The SMILES string of the molecule is O=C(/C=C/c1nc2ccccc2o1)OCC(=O)N1CCN(Cc2ccccc2)CC1. The largest absolute Gasteiger partial charge is 0.452 e. The zero-order valence-electron chi connectivity index (χ0n) is 16.6. The number of rotatable bonds is 6. The number of para-hydroxylation sites is 2. The van der Waals surface area contributed by atoms with Crippen molar-refractivity contribution in [2.24, 2.45) is 0 Å². The molecule has 0 radical (unpaired) electrons. The van der Waals surface area contributed by atoms with Gasteiger partial charge in [-0.05, 0) is 17.7 Å². The molecule has 2 heterocycles. The number of oxazole rings is 1. The van der Waals surface area contributed by atoms with Crippen LogP contribution >= 0.6 is 0 Å². The summed E-state index contributed by atoms with van der Waals surface area (Å²) in [5, 5.41) is 0. The molecule has 1 fully saturated rings. The molecule has 1 saturated heterocycles. The molecular weight excluding hydrogens is 382 g/mol. The molecule has 1 amide bonds. The lowest BCUT2D eigenvalue weighted by Crippen LogP contribution is -2.49. The molecule has 0 unspecified atom stereocenters. The van der Waals surface area contributed by atoms with E-state index in [0.29, 0.717) is 30.1 Å². The number of aromatic nitrogens is 1. The third-order valence-electron chi connectivity index (χ3n) is 4.98. The molecule has 7 nitrogen and oxygen atoms in total. The summed E-state index contributed by atoms with van der Waals surface area (Å²) >= 11 is 0. The Labute approximate surface area is 174 Å². The van der Waals surface area contributed by atoms with E-state index >= 15 is 0 Å². The molecule has 0 bridgehead atoms. The zero-order chi connectivity index (χ0) is 20.8.